The Kier molecular flexibility index (Phi) is 1.57. The molecule has 3 rings (SSSR count). The summed E-state index contributed by atoms with van der Waals surface area (Å²) in [6.45, 7) is 4.66. The third-order valence-corrected chi connectivity index (χ3v) is 4.45. The summed E-state index contributed by atoms with van der Waals surface area (Å²) in [5.41, 5.74) is 3.32. The van der Waals surface area contributed by atoms with Gasteiger partial charge in [-0.05, 0) is 17.6 Å². The predicted molar refractivity (Wildman–Crippen MR) is 64.4 cm³/mol. The molecular weight excluding hydrogens is 180 g/mol. The lowest BCUT2D eigenvalue weighted by atomic mass is 9.64. The van der Waals surface area contributed by atoms with Crippen molar-refractivity contribution in [3.05, 3.63) is 59.8 Å². The van der Waals surface area contributed by atoms with Gasteiger partial charge in [0.1, 0.15) is 0 Å². The molecule has 0 unspecified atom stereocenters. The lowest BCUT2D eigenvalue weighted by Gasteiger charge is -2.38. The second kappa shape index (κ2) is 2.63. The second-order valence-electron chi connectivity index (χ2n) is 4.81. The molecule has 0 radical (unpaired) electrons. The highest BCUT2D eigenvalue weighted by Gasteiger charge is 2.53. The summed E-state index contributed by atoms with van der Waals surface area (Å²) in [6.07, 6.45) is 19.4. The summed E-state index contributed by atoms with van der Waals surface area (Å²) in [4.78, 5) is 0. The van der Waals surface area contributed by atoms with Crippen molar-refractivity contribution in [2.75, 3.05) is 0 Å². The van der Waals surface area contributed by atoms with Gasteiger partial charge in [0.25, 0.3) is 0 Å². The van der Waals surface area contributed by atoms with Crippen LogP contribution in [0, 0.1) is 10.8 Å². The molecule has 0 heterocycles. The average Bonchev–Trinajstić information content (AvgIpc) is 2.60. The van der Waals surface area contributed by atoms with Gasteiger partial charge in [0.05, 0.1) is 0 Å². The summed E-state index contributed by atoms with van der Waals surface area (Å²) in [7, 11) is 0. The van der Waals surface area contributed by atoms with Gasteiger partial charge in [-0.15, -0.1) is 0 Å². The molecule has 0 aromatic rings. The molecule has 0 atom stereocenters. The van der Waals surface area contributed by atoms with Crippen LogP contribution in [-0.2, 0) is 0 Å². The molecule has 0 aliphatic heterocycles. The fraction of sp³-hybridized carbons (Fsp3) is 0.333. The molecule has 0 fully saturated rings. The van der Waals surface area contributed by atoms with E-state index in [0.29, 0.717) is 0 Å². The zero-order valence-corrected chi connectivity index (χ0v) is 9.33. The third kappa shape index (κ3) is 0.836. The van der Waals surface area contributed by atoms with Gasteiger partial charge in [-0.3, -0.25) is 0 Å². The van der Waals surface area contributed by atoms with Crippen molar-refractivity contribution >= 4 is 0 Å². The summed E-state index contributed by atoms with van der Waals surface area (Å²) in [5.74, 6) is 0. The fourth-order valence-electron chi connectivity index (χ4n) is 3.26. The van der Waals surface area contributed by atoms with E-state index in [1.54, 1.807) is 0 Å². The Morgan fingerprint density at radius 1 is 1.00 bits per heavy atom. The van der Waals surface area contributed by atoms with Gasteiger partial charge in [0.15, 0.2) is 0 Å². The highest BCUT2D eigenvalue weighted by molar-refractivity contribution is 5.59. The van der Waals surface area contributed by atoms with Crippen molar-refractivity contribution in [3.8, 4) is 0 Å². The molecular formula is C15H16. The van der Waals surface area contributed by atoms with Crippen molar-refractivity contribution in [1.29, 1.82) is 0 Å². The molecule has 0 aromatic carbocycles. The van der Waals surface area contributed by atoms with Crippen molar-refractivity contribution < 1.29 is 0 Å². The van der Waals surface area contributed by atoms with E-state index in [-0.39, 0.29) is 10.8 Å². The summed E-state index contributed by atoms with van der Waals surface area (Å²) in [6, 6.07) is 0. The Morgan fingerprint density at radius 2 is 1.53 bits per heavy atom. The fourth-order valence-corrected chi connectivity index (χ4v) is 3.26. The van der Waals surface area contributed by atoms with Gasteiger partial charge in [-0.25, -0.2) is 0 Å². The Labute approximate surface area is 91.4 Å². The molecule has 0 N–H and O–H groups in total. The summed E-state index contributed by atoms with van der Waals surface area (Å²) < 4.78 is 0. The maximum Gasteiger partial charge on any atom is 0.0299 e. The van der Waals surface area contributed by atoms with Crippen LogP contribution in [0.5, 0.6) is 0 Å². The molecule has 0 nitrogen and oxygen atoms in total. The quantitative estimate of drug-likeness (QED) is 0.595. The molecule has 0 amide bonds. The van der Waals surface area contributed by atoms with E-state index in [1.807, 2.05) is 0 Å². The molecule has 0 saturated carbocycles. The second-order valence-corrected chi connectivity index (χ2v) is 4.81. The van der Waals surface area contributed by atoms with Crippen LogP contribution in [0.15, 0.2) is 59.8 Å². The topological polar surface area (TPSA) is 0 Å². The van der Waals surface area contributed by atoms with Crippen molar-refractivity contribution in [2.45, 2.75) is 20.3 Å². The van der Waals surface area contributed by atoms with E-state index < -0.39 is 0 Å². The number of hydrogen-bond acceptors (Lipinski definition) is 0. The van der Waals surface area contributed by atoms with Crippen LogP contribution in [0.25, 0.3) is 0 Å². The molecule has 0 bridgehead atoms. The Balaban J connectivity index is 2.29. The van der Waals surface area contributed by atoms with E-state index in [9.17, 15) is 0 Å². The minimum Gasteiger partial charge on any atom is -0.0730 e. The van der Waals surface area contributed by atoms with E-state index in [0.717, 1.165) is 0 Å². The number of hydrogen-bond donors (Lipinski definition) is 0. The normalized spacial score (nSPS) is 40.1. The first-order valence-electron chi connectivity index (χ1n) is 5.71. The number of allylic oxidation sites excluding steroid dienone is 10. The van der Waals surface area contributed by atoms with Gasteiger partial charge in [0, 0.05) is 10.8 Å². The van der Waals surface area contributed by atoms with Crippen molar-refractivity contribution in [1.82, 2.24) is 0 Å². The Bertz CT molecular complexity index is 418. The Hall–Kier alpha value is -1.30. The molecule has 76 valence electrons. The lowest BCUT2D eigenvalue weighted by Crippen LogP contribution is -2.31. The van der Waals surface area contributed by atoms with Crippen LogP contribution in [0.3, 0.4) is 0 Å². The first-order chi connectivity index (χ1) is 7.23. The minimum atomic E-state index is 0.186. The molecule has 0 aromatic heterocycles. The Morgan fingerprint density at radius 3 is 2.00 bits per heavy atom. The van der Waals surface area contributed by atoms with E-state index >= 15 is 0 Å². The molecule has 15 heavy (non-hydrogen) atoms. The van der Waals surface area contributed by atoms with Crippen molar-refractivity contribution in [3.63, 3.8) is 0 Å². The first-order valence-corrected chi connectivity index (χ1v) is 5.71. The van der Waals surface area contributed by atoms with Crippen molar-refractivity contribution in [2.24, 2.45) is 10.8 Å². The molecule has 0 heteroatoms. The van der Waals surface area contributed by atoms with Gasteiger partial charge < -0.3 is 0 Å². The SMILES string of the molecule is CCC12C=CC3=CC=CC=C(C=C1)C32C. The average molecular weight is 196 g/mol. The predicted octanol–water partition coefficient (Wildman–Crippen LogP) is 3.95. The van der Waals surface area contributed by atoms with Crippen LogP contribution in [0.2, 0.25) is 0 Å². The van der Waals surface area contributed by atoms with Gasteiger partial charge in [0.2, 0.25) is 0 Å². The van der Waals surface area contributed by atoms with Crippen LogP contribution in [0.4, 0.5) is 0 Å². The molecule has 3 aliphatic carbocycles. The van der Waals surface area contributed by atoms with E-state index in [2.05, 4.69) is 62.5 Å². The molecule has 0 saturated heterocycles. The third-order valence-electron chi connectivity index (χ3n) is 4.45. The maximum absolute atomic E-state index is 2.38. The highest BCUT2D eigenvalue weighted by Crippen LogP contribution is 2.62. The zero-order valence-electron chi connectivity index (χ0n) is 9.33. The summed E-state index contributed by atoms with van der Waals surface area (Å²) in [5, 5.41) is 0. The van der Waals surface area contributed by atoms with Crippen LogP contribution in [0.1, 0.15) is 20.3 Å². The van der Waals surface area contributed by atoms with Gasteiger partial charge in [-0.1, -0.05) is 62.5 Å². The maximum atomic E-state index is 2.38. The van der Waals surface area contributed by atoms with Gasteiger partial charge >= 0.3 is 0 Å². The largest absolute Gasteiger partial charge is 0.0730 e. The minimum absolute atomic E-state index is 0.186. The first kappa shape index (κ1) is 8.96. The van der Waals surface area contributed by atoms with E-state index in [1.165, 1.54) is 17.6 Å². The van der Waals surface area contributed by atoms with E-state index in [4.69, 9.17) is 0 Å². The molecule has 3 aliphatic rings. The summed E-state index contributed by atoms with van der Waals surface area (Å²) >= 11 is 0. The smallest absolute Gasteiger partial charge is 0.0299 e. The van der Waals surface area contributed by atoms with Gasteiger partial charge in [-0.2, -0.15) is 0 Å². The molecule has 0 spiro atoms. The van der Waals surface area contributed by atoms with Crippen LogP contribution in [-0.4, -0.2) is 0 Å². The number of rotatable bonds is 1. The lowest BCUT2D eigenvalue weighted by molar-refractivity contribution is 0.285. The van der Waals surface area contributed by atoms with Crippen LogP contribution >= 0.6 is 0 Å². The highest BCUT2D eigenvalue weighted by atomic mass is 14.6. The zero-order chi connectivity index (χ0) is 10.5. The van der Waals surface area contributed by atoms with Crippen LogP contribution < -0.4 is 0 Å². The monoisotopic (exact) mass is 196 g/mol. The standard InChI is InChI=1S/C15H16/c1-3-15-10-8-12-6-4-5-7-13(9-11-15)14(12,15)2/h4-11H,3H2,1-2H3.